The third kappa shape index (κ3) is 7.56. The highest BCUT2D eigenvalue weighted by molar-refractivity contribution is 4.79. The molecule has 0 radical (unpaired) electrons. The van der Waals surface area contributed by atoms with E-state index in [9.17, 15) is 5.11 Å². The normalized spacial score (nSPS) is 14.1. The quantitative estimate of drug-likeness (QED) is 0.454. The van der Waals surface area contributed by atoms with E-state index in [-0.39, 0.29) is 12.7 Å². The predicted octanol–water partition coefficient (Wildman–Crippen LogP) is 1.48. The first-order chi connectivity index (χ1) is 5.31. The zero-order valence-electron chi connectivity index (χ0n) is 7.16. The Morgan fingerprint density at radius 1 is 1.36 bits per heavy atom. The van der Waals surface area contributed by atoms with Gasteiger partial charge in [-0.25, -0.2) is 0 Å². The first-order valence-corrected chi connectivity index (χ1v) is 4.21. The number of hydrogen-bond acceptors (Lipinski definition) is 2. The molecule has 0 aliphatic carbocycles. The topological polar surface area (TPSA) is 40.5 Å². The Balaban J connectivity index is 3.15. The summed E-state index contributed by atoms with van der Waals surface area (Å²) in [6.45, 7) is 2.18. The van der Waals surface area contributed by atoms with Crippen molar-refractivity contribution in [1.82, 2.24) is 0 Å². The summed E-state index contributed by atoms with van der Waals surface area (Å²) in [6.07, 6.45) is 6.92. The third-order valence-corrected chi connectivity index (χ3v) is 1.59. The molecule has 2 N–H and O–H groups in total. The Kier molecular flexibility index (Phi) is 7.52. The molecule has 0 heterocycles. The average Bonchev–Trinajstić information content (AvgIpc) is 2.01. The minimum absolute atomic E-state index is 0.224. The van der Waals surface area contributed by atoms with Crippen LogP contribution in [0.4, 0.5) is 0 Å². The smallest absolute Gasteiger partial charge is 0.0574 e. The van der Waals surface area contributed by atoms with Crippen molar-refractivity contribution in [2.45, 2.75) is 38.7 Å². The summed E-state index contributed by atoms with van der Waals surface area (Å²) in [5.41, 5.74) is 0. The van der Waals surface area contributed by atoms with E-state index in [2.05, 4.69) is 0 Å². The largest absolute Gasteiger partial charge is 0.396 e. The molecule has 0 saturated carbocycles. The SMILES string of the molecule is C/C=C/CC(O)CCCCO. The molecule has 0 aromatic carbocycles. The summed E-state index contributed by atoms with van der Waals surface area (Å²) in [5.74, 6) is 0. The van der Waals surface area contributed by atoms with Crippen molar-refractivity contribution in [2.75, 3.05) is 6.61 Å². The molecule has 11 heavy (non-hydrogen) atoms. The molecule has 0 aromatic rings. The fraction of sp³-hybridized carbons (Fsp3) is 0.778. The van der Waals surface area contributed by atoms with Gasteiger partial charge < -0.3 is 10.2 Å². The van der Waals surface area contributed by atoms with Crippen LogP contribution >= 0.6 is 0 Å². The van der Waals surface area contributed by atoms with E-state index >= 15 is 0 Å². The van der Waals surface area contributed by atoms with Crippen molar-refractivity contribution in [3.05, 3.63) is 12.2 Å². The fourth-order valence-electron chi connectivity index (χ4n) is 0.903. The summed E-state index contributed by atoms with van der Waals surface area (Å²) >= 11 is 0. The zero-order valence-corrected chi connectivity index (χ0v) is 7.16. The first-order valence-electron chi connectivity index (χ1n) is 4.21. The van der Waals surface area contributed by atoms with Crippen LogP contribution in [0, 0.1) is 0 Å². The van der Waals surface area contributed by atoms with Gasteiger partial charge in [-0.1, -0.05) is 12.2 Å². The number of hydrogen-bond donors (Lipinski definition) is 2. The number of rotatable bonds is 6. The molecule has 1 unspecified atom stereocenters. The van der Waals surface area contributed by atoms with Gasteiger partial charge in [-0.2, -0.15) is 0 Å². The lowest BCUT2D eigenvalue weighted by Gasteiger charge is -2.05. The zero-order chi connectivity index (χ0) is 8.53. The van der Waals surface area contributed by atoms with Gasteiger partial charge in [0.25, 0.3) is 0 Å². The van der Waals surface area contributed by atoms with E-state index in [1.54, 1.807) is 0 Å². The lowest BCUT2D eigenvalue weighted by molar-refractivity contribution is 0.160. The van der Waals surface area contributed by atoms with Gasteiger partial charge in [-0.05, 0) is 32.6 Å². The number of allylic oxidation sites excluding steroid dienone is 1. The molecule has 1 atom stereocenters. The Labute approximate surface area is 68.6 Å². The van der Waals surface area contributed by atoms with Gasteiger partial charge in [-0.15, -0.1) is 0 Å². The van der Waals surface area contributed by atoms with E-state index in [0.717, 1.165) is 25.7 Å². The van der Waals surface area contributed by atoms with Gasteiger partial charge in [0, 0.05) is 6.61 Å². The molecule has 0 amide bonds. The van der Waals surface area contributed by atoms with Crippen LogP contribution in [0.3, 0.4) is 0 Å². The third-order valence-electron chi connectivity index (χ3n) is 1.59. The molecule has 0 spiro atoms. The van der Waals surface area contributed by atoms with Crippen LogP contribution in [-0.2, 0) is 0 Å². The van der Waals surface area contributed by atoms with Gasteiger partial charge in [0.05, 0.1) is 6.10 Å². The Bertz CT molecular complexity index is 99.7. The van der Waals surface area contributed by atoms with E-state index < -0.39 is 0 Å². The van der Waals surface area contributed by atoms with Crippen LogP contribution < -0.4 is 0 Å². The van der Waals surface area contributed by atoms with Crippen molar-refractivity contribution in [3.63, 3.8) is 0 Å². The minimum Gasteiger partial charge on any atom is -0.396 e. The predicted molar refractivity (Wildman–Crippen MR) is 46.4 cm³/mol. The summed E-state index contributed by atoms with van der Waals surface area (Å²) < 4.78 is 0. The summed E-state index contributed by atoms with van der Waals surface area (Å²) in [6, 6.07) is 0. The van der Waals surface area contributed by atoms with Crippen molar-refractivity contribution in [2.24, 2.45) is 0 Å². The van der Waals surface area contributed by atoms with E-state index in [0.29, 0.717) is 0 Å². The number of unbranched alkanes of at least 4 members (excludes halogenated alkanes) is 1. The van der Waals surface area contributed by atoms with Crippen LogP contribution in [0.15, 0.2) is 12.2 Å². The van der Waals surface area contributed by atoms with Crippen LogP contribution in [0.1, 0.15) is 32.6 Å². The van der Waals surface area contributed by atoms with Crippen molar-refractivity contribution in [1.29, 1.82) is 0 Å². The van der Waals surface area contributed by atoms with Gasteiger partial charge in [0.2, 0.25) is 0 Å². The van der Waals surface area contributed by atoms with E-state index in [1.807, 2.05) is 19.1 Å². The highest BCUT2D eigenvalue weighted by atomic mass is 16.3. The lowest BCUT2D eigenvalue weighted by atomic mass is 10.1. The molecule has 0 aliphatic rings. The van der Waals surface area contributed by atoms with Gasteiger partial charge in [0.15, 0.2) is 0 Å². The minimum atomic E-state index is -0.224. The van der Waals surface area contributed by atoms with Crippen molar-refractivity contribution in [3.8, 4) is 0 Å². The summed E-state index contributed by atoms with van der Waals surface area (Å²) in [4.78, 5) is 0. The first kappa shape index (κ1) is 10.7. The van der Waals surface area contributed by atoms with Gasteiger partial charge in [-0.3, -0.25) is 0 Å². The van der Waals surface area contributed by atoms with E-state index in [1.165, 1.54) is 0 Å². The highest BCUT2D eigenvalue weighted by Gasteiger charge is 1.99. The van der Waals surface area contributed by atoms with Gasteiger partial charge in [0.1, 0.15) is 0 Å². The molecule has 2 nitrogen and oxygen atoms in total. The van der Waals surface area contributed by atoms with Crippen LogP contribution in [0.5, 0.6) is 0 Å². The Morgan fingerprint density at radius 2 is 2.09 bits per heavy atom. The second kappa shape index (κ2) is 7.76. The molecule has 0 bridgehead atoms. The maximum Gasteiger partial charge on any atom is 0.0574 e. The van der Waals surface area contributed by atoms with Crippen molar-refractivity contribution < 1.29 is 10.2 Å². The molecule has 66 valence electrons. The standard InChI is InChI=1S/C9H18O2/c1-2-3-6-9(11)7-4-5-8-10/h2-3,9-11H,4-8H2,1H3/b3-2+. The summed E-state index contributed by atoms with van der Waals surface area (Å²) in [5, 5.41) is 17.7. The number of aliphatic hydroxyl groups is 2. The van der Waals surface area contributed by atoms with Crippen LogP contribution in [0.2, 0.25) is 0 Å². The van der Waals surface area contributed by atoms with E-state index in [4.69, 9.17) is 5.11 Å². The molecule has 0 rings (SSSR count). The molecule has 2 heteroatoms. The average molecular weight is 158 g/mol. The maximum absolute atomic E-state index is 9.27. The molecular weight excluding hydrogens is 140 g/mol. The van der Waals surface area contributed by atoms with Crippen LogP contribution in [0.25, 0.3) is 0 Å². The second-order valence-electron chi connectivity index (χ2n) is 2.68. The van der Waals surface area contributed by atoms with Crippen molar-refractivity contribution >= 4 is 0 Å². The molecule has 0 saturated heterocycles. The fourth-order valence-corrected chi connectivity index (χ4v) is 0.903. The molecular formula is C9H18O2. The molecule has 0 aliphatic heterocycles. The summed E-state index contributed by atoms with van der Waals surface area (Å²) in [7, 11) is 0. The second-order valence-corrected chi connectivity index (χ2v) is 2.68. The maximum atomic E-state index is 9.27. The van der Waals surface area contributed by atoms with Gasteiger partial charge >= 0.3 is 0 Å². The van der Waals surface area contributed by atoms with Crippen LogP contribution in [-0.4, -0.2) is 22.9 Å². The molecule has 0 aromatic heterocycles. The Morgan fingerprint density at radius 3 is 2.64 bits per heavy atom. The molecule has 0 fully saturated rings. The Hall–Kier alpha value is -0.340. The number of aliphatic hydroxyl groups excluding tert-OH is 2. The highest BCUT2D eigenvalue weighted by Crippen LogP contribution is 2.04. The monoisotopic (exact) mass is 158 g/mol. The lowest BCUT2D eigenvalue weighted by Crippen LogP contribution is -2.04.